The van der Waals surface area contributed by atoms with Crippen LogP contribution in [0, 0.1) is 5.92 Å². The third-order valence-electron chi connectivity index (χ3n) is 5.93. The van der Waals surface area contributed by atoms with Crippen molar-refractivity contribution in [3.8, 4) is 0 Å². The zero-order valence-electron chi connectivity index (χ0n) is 12.6. The Balaban J connectivity index is 0.00000115. The van der Waals surface area contributed by atoms with Gasteiger partial charge in [-0.05, 0) is 56.7 Å². The van der Waals surface area contributed by atoms with E-state index in [9.17, 15) is 0 Å². The highest BCUT2D eigenvalue weighted by molar-refractivity contribution is 5.86. The van der Waals surface area contributed by atoms with E-state index in [0.29, 0.717) is 6.04 Å². The molecule has 2 aromatic rings. The Labute approximate surface area is 132 Å². The minimum atomic E-state index is 0. The normalized spacial score (nSPS) is 30.8. The van der Waals surface area contributed by atoms with Crippen LogP contribution >= 0.6 is 12.4 Å². The second-order valence-corrected chi connectivity index (χ2v) is 6.97. The van der Waals surface area contributed by atoms with Crippen molar-refractivity contribution in [3.05, 3.63) is 35.5 Å². The van der Waals surface area contributed by atoms with E-state index in [1.165, 1.54) is 49.7 Å². The van der Waals surface area contributed by atoms with E-state index in [1.54, 1.807) is 11.3 Å². The molecule has 0 amide bonds. The molecule has 3 aliphatic rings. The van der Waals surface area contributed by atoms with Crippen molar-refractivity contribution in [2.75, 3.05) is 13.1 Å². The van der Waals surface area contributed by atoms with Crippen LogP contribution in [0.1, 0.15) is 49.5 Å². The first-order valence-corrected chi connectivity index (χ1v) is 8.20. The van der Waals surface area contributed by atoms with Gasteiger partial charge in [0.1, 0.15) is 0 Å². The van der Waals surface area contributed by atoms with Gasteiger partial charge in [-0.3, -0.25) is 4.90 Å². The Hall–Kier alpha value is -0.990. The summed E-state index contributed by atoms with van der Waals surface area (Å²) in [5.41, 5.74) is 4.83. The molecule has 1 aromatic carbocycles. The van der Waals surface area contributed by atoms with Gasteiger partial charge in [0.05, 0.1) is 6.04 Å². The van der Waals surface area contributed by atoms with Crippen LogP contribution in [0.5, 0.6) is 0 Å². The lowest BCUT2D eigenvalue weighted by Gasteiger charge is -2.49. The van der Waals surface area contributed by atoms with E-state index in [1.807, 2.05) is 0 Å². The fourth-order valence-electron chi connectivity index (χ4n) is 5.26. The Kier molecular flexibility index (Phi) is 3.09. The minimum absolute atomic E-state index is 0. The molecule has 3 atom stereocenters. The van der Waals surface area contributed by atoms with Gasteiger partial charge < -0.3 is 4.57 Å². The molecular weight excluding hydrogens is 280 g/mol. The molecule has 3 aliphatic heterocycles. The molecule has 1 unspecified atom stereocenters. The van der Waals surface area contributed by atoms with Gasteiger partial charge >= 0.3 is 0 Å². The van der Waals surface area contributed by atoms with E-state index in [-0.39, 0.29) is 12.4 Å². The molecule has 5 rings (SSSR count). The van der Waals surface area contributed by atoms with E-state index in [0.717, 1.165) is 12.0 Å². The van der Waals surface area contributed by atoms with Crippen molar-refractivity contribution >= 4 is 23.3 Å². The number of hydrogen-bond donors (Lipinski definition) is 0. The quantitative estimate of drug-likeness (QED) is 0.703. The van der Waals surface area contributed by atoms with Gasteiger partial charge in [0.25, 0.3) is 0 Å². The maximum Gasteiger partial charge on any atom is 0.0532 e. The lowest BCUT2D eigenvalue weighted by Crippen LogP contribution is -2.46. The molecule has 0 N–H and O–H groups in total. The van der Waals surface area contributed by atoms with Crippen molar-refractivity contribution < 1.29 is 0 Å². The van der Waals surface area contributed by atoms with Gasteiger partial charge in [-0.2, -0.15) is 0 Å². The molecule has 0 spiro atoms. The van der Waals surface area contributed by atoms with Crippen molar-refractivity contribution in [2.24, 2.45) is 5.92 Å². The smallest absolute Gasteiger partial charge is 0.0532 e. The molecule has 1 fully saturated rings. The number of halogens is 1. The van der Waals surface area contributed by atoms with Crippen molar-refractivity contribution in [2.45, 2.75) is 44.7 Å². The molecule has 0 bridgehead atoms. The third kappa shape index (κ3) is 1.69. The molecular formula is C18H23ClN2. The molecule has 1 saturated heterocycles. The Bertz CT molecular complexity index is 690. The first-order valence-electron chi connectivity index (χ1n) is 8.20. The number of hydrogen-bond acceptors (Lipinski definition) is 1. The fraction of sp³-hybridized carbons (Fsp3) is 0.556. The highest BCUT2D eigenvalue weighted by Crippen LogP contribution is 2.51. The van der Waals surface area contributed by atoms with Crippen LogP contribution in [0.15, 0.2) is 24.3 Å². The average molecular weight is 303 g/mol. The van der Waals surface area contributed by atoms with E-state index in [2.05, 4.69) is 40.7 Å². The van der Waals surface area contributed by atoms with Crippen LogP contribution in [0.4, 0.5) is 0 Å². The lowest BCUT2D eigenvalue weighted by atomic mass is 9.77. The van der Waals surface area contributed by atoms with Gasteiger partial charge in [-0.1, -0.05) is 18.2 Å². The summed E-state index contributed by atoms with van der Waals surface area (Å²) in [6, 6.07) is 10.5. The molecule has 112 valence electrons. The number of aromatic nitrogens is 1. The fourth-order valence-corrected chi connectivity index (χ4v) is 5.26. The van der Waals surface area contributed by atoms with Gasteiger partial charge in [0, 0.05) is 29.2 Å². The van der Waals surface area contributed by atoms with Crippen molar-refractivity contribution in [1.29, 1.82) is 0 Å². The number of benzene rings is 1. The SMILES string of the molecule is CC1C[C@@H]2CCCN3CCc4c(n1c1ccccc41)[C@@H]23.Cl. The van der Waals surface area contributed by atoms with Crippen LogP contribution in [0.3, 0.4) is 0 Å². The summed E-state index contributed by atoms with van der Waals surface area (Å²) in [6.07, 6.45) is 5.46. The number of fused-ring (bicyclic) bond motifs is 3. The van der Waals surface area contributed by atoms with Gasteiger partial charge in [0.2, 0.25) is 0 Å². The molecule has 0 saturated carbocycles. The maximum atomic E-state index is 2.78. The highest BCUT2D eigenvalue weighted by atomic mass is 35.5. The summed E-state index contributed by atoms with van der Waals surface area (Å²) >= 11 is 0. The first-order chi connectivity index (χ1) is 9.84. The highest BCUT2D eigenvalue weighted by Gasteiger charge is 2.43. The molecule has 0 aliphatic carbocycles. The number of rotatable bonds is 0. The largest absolute Gasteiger partial charge is 0.340 e. The Morgan fingerprint density at radius 3 is 2.90 bits per heavy atom. The number of piperidine rings is 1. The molecule has 4 heterocycles. The zero-order chi connectivity index (χ0) is 13.3. The van der Waals surface area contributed by atoms with E-state index < -0.39 is 0 Å². The average Bonchev–Trinajstić information content (AvgIpc) is 2.82. The molecule has 21 heavy (non-hydrogen) atoms. The van der Waals surface area contributed by atoms with Crippen molar-refractivity contribution in [1.82, 2.24) is 9.47 Å². The van der Waals surface area contributed by atoms with Gasteiger partial charge in [-0.25, -0.2) is 0 Å². The van der Waals surface area contributed by atoms with Gasteiger partial charge in [-0.15, -0.1) is 12.4 Å². The summed E-state index contributed by atoms with van der Waals surface area (Å²) in [6.45, 7) is 5.02. The molecule has 3 heteroatoms. The second-order valence-electron chi connectivity index (χ2n) is 6.97. The van der Waals surface area contributed by atoms with Crippen LogP contribution in [-0.2, 0) is 6.42 Å². The lowest BCUT2D eigenvalue weighted by molar-refractivity contribution is 0.0491. The molecule has 1 aromatic heterocycles. The summed E-state index contributed by atoms with van der Waals surface area (Å²) in [5, 5.41) is 1.53. The minimum Gasteiger partial charge on any atom is -0.340 e. The second kappa shape index (κ2) is 4.76. The third-order valence-corrected chi connectivity index (χ3v) is 5.93. The van der Waals surface area contributed by atoms with E-state index in [4.69, 9.17) is 0 Å². The summed E-state index contributed by atoms with van der Waals surface area (Å²) < 4.78 is 2.68. The Morgan fingerprint density at radius 1 is 1.14 bits per heavy atom. The Morgan fingerprint density at radius 2 is 2.00 bits per heavy atom. The molecule has 2 nitrogen and oxygen atoms in total. The van der Waals surface area contributed by atoms with Crippen LogP contribution < -0.4 is 0 Å². The summed E-state index contributed by atoms with van der Waals surface area (Å²) in [7, 11) is 0. The number of nitrogens with zero attached hydrogens (tertiary/aromatic N) is 2. The van der Waals surface area contributed by atoms with E-state index >= 15 is 0 Å². The van der Waals surface area contributed by atoms with Crippen LogP contribution in [0.25, 0.3) is 10.9 Å². The topological polar surface area (TPSA) is 8.17 Å². The first kappa shape index (κ1) is 13.7. The predicted molar refractivity (Wildman–Crippen MR) is 89.3 cm³/mol. The van der Waals surface area contributed by atoms with Crippen LogP contribution in [0.2, 0.25) is 0 Å². The molecule has 0 radical (unpaired) electrons. The van der Waals surface area contributed by atoms with Crippen LogP contribution in [-0.4, -0.2) is 22.6 Å². The maximum absolute atomic E-state index is 2.78. The zero-order valence-corrected chi connectivity index (χ0v) is 13.4. The van der Waals surface area contributed by atoms with Gasteiger partial charge in [0.15, 0.2) is 0 Å². The van der Waals surface area contributed by atoms with Crippen molar-refractivity contribution in [3.63, 3.8) is 0 Å². The predicted octanol–water partition coefficient (Wildman–Crippen LogP) is 4.34. The summed E-state index contributed by atoms with van der Waals surface area (Å²) in [4.78, 5) is 2.78. The number of para-hydroxylation sites is 1. The summed E-state index contributed by atoms with van der Waals surface area (Å²) in [5.74, 6) is 0.898. The standard InChI is InChI=1S/C18H22N2.ClH/c1-12-11-13-5-4-9-19-10-8-15-14-6-2-3-7-16(14)20(12)18(15)17(13)19;/h2-3,6-7,12-13,17H,4-5,8-11H2,1H3;1H/t12?,13-,17+;/m0./s1. The monoisotopic (exact) mass is 302 g/mol.